The molecular formula is C45H42N4O7S. The van der Waals surface area contributed by atoms with Crippen LogP contribution in [0.15, 0.2) is 121 Å². The molecule has 3 amide bonds. The molecule has 11 nitrogen and oxygen atoms in total. The summed E-state index contributed by atoms with van der Waals surface area (Å²) in [5, 5.41) is 30.0. The fourth-order valence-corrected chi connectivity index (χ4v) is 7.57. The molecule has 0 fully saturated rings. The first-order chi connectivity index (χ1) is 27.6. The number of rotatable bonds is 8. The largest absolute Gasteiger partial charge is 0.486 e. The summed E-state index contributed by atoms with van der Waals surface area (Å²) in [5.41, 5.74) is 4.43. The van der Waals surface area contributed by atoms with Crippen LogP contribution in [0.1, 0.15) is 40.0 Å². The van der Waals surface area contributed by atoms with E-state index in [-0.39, 0.29) is 50.9 Å². The van der Waals surface area contributed by atoms with Crippen molar-refractivity contribution in [2.75, 3.05) is 6.61 Å². The second-order valence-corrected chi connectivity index (χ2v) is 15.1. The van der Waals surface area contributed by atoms with Gasteiger partial charge in [0.1, 0.15) is 24.4 Å². The number of nitrogens with one attached hydrogen (secondary N) is 3. The molecule has 1 aromatic heterocycles. The summed E-state index contributed by atoms with van der Waals surface area (Å²) >= 11 is 1.47. The smallest absolute Gasteiger partial charge is 0.326 e. The molecule has 0 unspecified atom stereocenters. The van der Waals surface area contributed by atoms with E-state index >= 15 is 0 Å². The molecule has 7 rings (SSSR count). The quantitative estimate of drug-likeness (QED) is 0.161. The number of nitrogens with zero attached hydrogens (tertiary/aromatic N) is 1. The number of nitriles is 1. The van der Waals surface area contributed by atoms with Gasteiger partial charge in [-0.05, 0) is 76.4 Å². The second-order valence-electron chi connectivity index (χ2n) is 14.1. The standard InChI is InChI=1S/C45H42N4O7S/c46-27-32-7-4-6-31(20-32)21-36-26-42(51)48-41(45(54)55)23-30-13-17-38(18-14-30)56-28-37(50)24-35(25-39-10-5-19-57-39)43(52)49-40(44(53)47-36)22-29-11-15-34(16-12-29)33-8-2-1-3-9-33/h1-20,35-36,40-41H,21-26,28H2,(H,47,53)(H,48,51)(H,49,52)(H,54,55)/t35-,36-,40+,41-/m0/s1. The Morgan fingerprint density at radius 2 is 1.49 bits per heavy atom. The Labute approximate surface area is 334 Å². The summed E-state index contributed by atoms with van der Waals surface area (Å²) in [4.78, 5) is 68.7. The number of thiophene rings is 1. The lowest BCUT2D eigenvalue weighted by molar-refractivity contribution is -0.142. The molecule has 3 heterocycles. The fraction of sp³-hybridized carbons (Fsp3) is 0.244. The van der Waals surface area contributed by atoms with Crippen LogP contribution in [0.5, 0.6) is 5.75 Å². The summed E-state index contributed by atoms with van der Waals surface area (Å²) in [6.45, 7) is -0.298. The maximum absolute atomic E-state index is 14.4. The number of aliphatic carboxylic acids is 1. The number of carboxylic acid groups (broad SMARTS) is 1. The van der Waals surface area contributed by atoms with Crippen molar-refractivity contribution in [3.8, 4) is 22.9 Å². The minimum absolute atomic E-state index is 0.0247. The molecule has 2 aliphatic rings. The van der Waals surface area contributed by atoms with Gasteiger partial charge in [0.2, 0.25) is 17.7 Å². The molecule has 0 saturated heterocycles. The van der Waals surface area contributed by atoms with E-state index in [0.29, 0.717) is 22.4 Å². The molecule has 2 aliphatic heterocycles. The van der Waals surface area contributed by atoms with Crippen LogP contribution in [0.2, 0.25) is 0 Å². The molecule has 2 bridgehead atoms. The van der Waals surface area contributed by atoms with E-state index in [0.717, 1.165) is 21.6 Å². The number of carbonyl (C=O) groups is 5. The van der Waals surface area contributed by atoms with Gasteiger partial charge in [-0.2, -0.15) is 5.26 Å². The van der Waals surface area contributed by atoms with Gasteiger partial charge in [0.05, 0.1) is 11.6 Å². The first kappa shape index (κ1) is 40.1. The van der Waals surface area contributed by atoms with E-state index in [1.165, 1.54) is 11.3 Å². The third-order valence-corrected chi connectivity index (χ3v) is 10.6. The molecule has 57 heavy (non-hydrogen) atoms. The normalized spacial score (nSPS) is 19.6. The molecule has 5 aromatic rings. The predicted octanol–water partition coefficient (Wildman–Crippen LogP) is 5.45. The van der Waals surface area contributed by atoms with Crippen molar-refractivity contribution in [2.45, 2.75) is 56.7 Å². The zero-order valence-corrected chi connectivity index (χ0v) is 31.9. The Hall–Kier alpha value is -6.58. The van der Waals surface area contributed by atoms with Crippen molar-refractivity contribution < 1.29 is 33.8 Å². The number of ketones is 1. The number of amides is 3. The van der Waals surface area contributed by atoms with Gasteiger partial charge in [-0.1, -0.05) is 84.9 Å². The van der Waals surface area contributed by atoms with E-state index in [2.05, 4.69) is 22.0 Å². The fourth-order valence-electron chi connectivity index (χ4n) is 6.79. The molecule has 0 saturated carbocycles. The van der Waals surface area contributed by atoms with Gasteiger partial charge in [0.15, 0.2) is 5.78 Å². The SMILES string of the molecule is N#Cc1cccc(C[C@H]2CC(=O)N[C@H](C(=O)O)Cc3ccc(cc3)OCC(=O)C[C@@H](Cc3cccs3)C(=O)N[C@H](Cc3ccc(-c4ccccc4)cc3)C(=O)N2)c1. The lowest BCUT2D eigenvalue weighted by Gasteiger charge is -2.26. The van der Waals surface area contributed by atoms with Gasteiger partial charge in [-0.25, -0.2) is 4.79 Å². The topological polar surface area (TPSA) is 175 Å². The van der Waals surface area contributed by atoms with Crippen LogP contribution in [0.25, 0.3) is 11.1 Å². The number of ether oxygens (including phenoxy) is 1. The Morgan fingerprint density at radius 3 is 2.19 bits per heavy atom. The van der Waals surface area contributed by atoms with Crippen molar-refractivity contribution in [2.24, 2.45) is 5.92 Å². The summed E-state index contributed by atoms with van der Waals surface area (Å²) in [5.74, 6) is -3.64. The van der Waals surface area contributed by atoms with E-state index in [4.69, 9.17) is 4.74 Å². The molecule has 0 radical (unpaired) electrons. The van der Waals surface area contributed by atoms with Crippen LogP contribution in [-0.2, 0) is 49.7 Å². The molecule has 0 spiro atoms. The van der Waals surface area contributed by atoms with Crippen LogP contribution >= 0.6 is 11.3 Å². The van der Waals surface area contributed by atoms with Gasteiger partial charge in [-0.15, -0.1) is 11.3 Å². The van der Waals surface area contributed by atoms with Crippen molar-refractivity contribution in [3.63, 3.8) is 0 Å². The molecule has 4 atom stereocenters. The zero-order valence-electron chi connectivity index (χ0n) is 31.1. The van der Waals surface area contributed by atoms with E-state index < -0.39 is 47.7 Å². The van der Waals surface area contributed by atoms with Gasteiger partial charge < -0.3 is 25.8 Å². The van der Waals surface area contributed by atoms with Gasteiger partial charge >= 0.3 is 5.97 Å². The first-order valence-electron chi connectivity index (χ1n) is 18.6. The van der Waals surface area contributed by atoms with Gasteiger partial charge in [-0.3, -0.25) is 19.2 Å². The minimum Gasteiger partial charge on any atom is -0.486 e. The third kappa shape index (κ3) is 11.7. The van der Waals surface area contributed by atoms with Gasteiger partial charge in [0.25, 0.3) is 0 Å². The van der Waals surface area contributed by atoms with Crippen molar-refractivity contribution in [3.05, 3.63) is 148 Å². The molecule has 0 aliphatic carbocycles. The number of carbonyl (C=O) groups excluding carboxylic acids is 4. The number of hydrogen-bond donors (Lipinski definition) is 4. The highest BCUT2D eigenvalue weighted by Crippen LogP contribution is 2.22. The Balaban J connectivity index is 1.34. The van der Waals surface area contributed by atoms with Crippen LogP contribution in [0.4, 0.5) is 0 Å². The highest BCUT2D eigenvalue weighted by Gasteiger charge is 2.31. The first-order valence-corrected chi connectivity index (χ1v) is 19.5. The van der Waals surface area contributed by atoms with Crippen molar-refractivity contribution in [1.82, 2.24) is 16.0 Å². The van der Waals surface area contributed by atoms with E-state index in [9.17, 15) is 34.3 Å². The van der Waals surface area contributed by atoms with E-state index in [1.54, 1.807) is 48.5 Å². The maximum Gasteiger partial charge on any atom is 0.326 e. The number of hydrogen-bond acceptors (Lipinski definition) is 8. The average Bonchev–Trinajstić information content (AvgIpc) is 3.73. The van der Waals surface area contributed by atoms with Gasteiger partial charge in [0, 0.05) is 42.5 Å². The molecule has 290 valence electrons. The summed E-state index contributed by atoms with van der Waals surface area (Å²) < 4.78 is 5.75. The highest BCUT2D eigenvalue weighted by molar-refractivity contribution is 7.09. The Bertz CT molecular complexity index is 2220. The highest BCUT2D eigenvalue weighted by atomic mass is 32.1. The summed E-state index contributed by atoms with van der Waals surface area (Å²) in [6.07, 6.45) is 0.0436. The average molecular weight is 783 g/mol. The lowest BCUT2D eigenvalue weighted by atomic mass is 9.95. The number of carboxylic acids is 1. The maximum atomic E-state index is 14.4. The Morgan fingerprint density at radius 1 is 0.737 bits per heavy atom. The van der Waals surface area contributed by atoms with Crippen molar-refractivity contribution in [1.29, 1.82) is 5.26 Å². The molecule has 12 heteroatoms. The monoisotopic (exact) mass is 782 g/mol. The molecular weight excluding hydrogens is 741 g/mol. The minimum atomic E-state index is -1.28. The summed E-state index contributed by atoms with van der Waals surface area (Å²) in [7, 11) is 0. The number of Topliss-reactive ketones (excluding diaryl/α,β-unsaturated/α-hetero) is 1. The lowest BCUT2D eigenvalue weighted by Crippen LogP contribution is -2.53. The zero-order chi connectivity index (χ0) is 40.1. The Kier molecular flexibility index (Phi) is 13.6. The summed E-state index contributed by atoms with van der Waals surface area (Å²) in [6, 6.07) is 33.4. The van der Waals surface area contributed by atoms with E-state index in [1.807, 2.05) is 72.1 Å². The predicted molar refractivity (Wildman–Crippen MR) is 215 cm³/mol. The third-order valence-electron chi connectivity index (χ3n) is 9.72. The van der Waals surface area contributed by atoms with Crippen LogP contribution in [-0.4, -0.2) is 59.3 Å². The molecule has 4 aromatic carbocycles. The van der Waals surface area contributed by atoms with Crippen LogP contribution in [0, 0.1) is 17.2 Å². The van der Waals surface area contributed by atoms with Crippen LogP contribution in [0.3, 0.4) is 0 Å². The molecule has 4 N–H and O–H groups in total. The van der Waals surface area contributed by atoms with Crippen molar-refractivity contribution >= 4 is 40.8 Å². The number of benzene rings is 4. The number of fused-ring (bicyclic) bond motifs is 17. The van der Waals surface area contributed by atoms with Crippen LogP contribution < -0.4 is 20.7 Å². The second kappa shape index (κ2) is 19.3.